The first kappa shape index (κ1) is 9.29. The maximum atomic E-state index is 12.4. The molecule has 78 valence electrons. The molecule has 0 saturated carbocycles. The summed E-state index contributed by atoms with van der Waals surface area (Å²) in [5.74, 6) is -0.933. The summed E-state index contributed by atoms with van der Waals surface area (Å²) in [6, 6.07) is 0. The molecule has 0 fully saturated rings. The second-order valence-corrected chi connectivity index (χ2v) is 3.34. The van der Waals surface area contributed by atoms with Crippen LogP contribution >= 0.6 is 0 Å². The van der Waals surface area contributed by atoms with Crippen molar-refractivity contribution in [2.75, 3.05) is 5.73 Å². The Morgan fingerprint density at radius 2 is 2.14 bits per heavy atom. The number of rotatable bonds is 0. The van der Waals surface area contributed by atoms with Crippen LogP contribution in [0.1, 0.15) is 12.2 Å². The van der Waals surface area contributed by atoms with E-state index in [1.165, 1.54) is 4.68 Å². The van der Waals surface area contributed by atoms with E-state index in [0.717, 1.165) is 0 Å². The summed E-state index contributed by atoms with van der Waals surface area (Å²) in [5, 5.41) is 3.78. The van der Waals surface area contributed by atoms with Crippen molar-refractivity contribution in [2.24, 2.45) is 5.92 Å². The number of nitrogens with zero attached hydrogens (tertiary/aromatic N) is 3. The largest absolute Gasteiger partial charge is 0.392 e. The van der Waals surface area contributed by atoms with E-state index < -0.39 is 12.1 Å². The number of halogens is 3. The summed E-state index contributed by atoms with van der Waals surface area (Å²) in [4.78, 5) is 3.74. The molecule has 0 saturated heterocycles. The van der Waals surface area contributed by atoms with Gasteiger partial charge in [-0.1, -0.05) is 0 Å². The van der Waals surface area contributed by atoms with Crippen LogP contribution in [-0.2, 0) is 13.0 Å². The molecule has 14 heavy (non-hydrogen) atoms. The van der Waals surface area contributed by atoms with Gasteiger partial charge in [-0.3, -0.25) is 0 Å². The number of hydrogen-bond acceptors (Lipinski definition) is 3. The van der Waals surface area contributed by atoms with Crippen molar-refractivity contribution in [3.05, 3.63) is 5.82 Å². The van der Waals surface area contributed by atoms with E-state index in [1.54, 1.807) is 0 Å². The van der Waals surface area contributed by atoms with Crippen LogP contribution in [0.3, 0.4) is 0 Å². The molecule has 7 heteroatoms. The van der Waals surface area contributed by atoms with E-state index in [-0.39, 0.29) is 25.3 Å². The number of hydrogen-bond donors (Lipinski definition) is 1. The van der Waals surface area contributed by atoms with E-state index >= 15 is 0 Å². The molecule has 1 aliphatic rings. The van der Waals surface area contributed by atoms with Gasteiger partial charge in [-0.25, -0.2) is 4.68 Å². The summed E-state index contributed by atoms with van der Waals surface area (Å²) >= 11 is 0. The Morgan fingerprint density at radius 1 is 1.43 bits per heavy atom. The lowest BCUT2D eigenvalue weighted by Crippen LogP contribution is -2.31. The van der Waals surface area contributed by atoms with Gasteiger partial charge in [0.05, 0.1) is 5.92 Å². The predicted molar refractivity (Wildman–Crippen MR) is 42.3 cm³/mol. The molecule has 2 rings (SSSR count). The second kappa shape index (κ2) is 2.86. The van der Waals surface area contributed by atoms with E-state index in [2.05, 4.69) is 10.1 Å². The van der Waals surface area contributed by atoms with Crippen molar-refractivity contribution in [2.45, 2.75) is 25.6 Å². The molecule has 0 amide bonds. The van der Waals surface area contributed by atoms with E-state index in [9.17, 15) is 13.2 Å². The monoisotopic (exact) mass is 206 g/mol. The van der Waals surface area contributed by atoms with Crippen LogP contribution in [0.25, 0.3) is 0 Å². The third-order valence-electron chi connectivity index (χ3n) is 2.35. The fraction of sp³-hybridized carbons (Fsp3) is 0.714. The van der Waals surface area contributed by atoms with E-state index in [1.807, 2.05) is 0 Å². The number of alkyl halides is 3. The Morgan fingerprint density at radius 3 is 2.79 bits per heavy atom. The molecule has 2 N–H and O–H groups in total. The lowest BCUT2D eigenvalue weighted by molar-refractivity contribution is -0.179. The zero-order valence-electron chi connectivity index (χ0n) is 7.25. The molecule has 1 aromatic rings. The number of nitrogens with two attached hydrogens (primary N) is 1. The topological polar surface area (TPSA) is 56.7 Å². The SMILES string of the molecule is Nc1nc2n(n1)CCC(C(F)(F)F)C2. The molecular weight excluding hydrogens is 197 g/mol. The number of aromatic nitrogens is 3. The molecule has 0 aromatic carbocycles. The highest BCUT2D eigenvalue weighted by Crippen LogP contribution is 2.34. The third kappa shape index (κ3) is 1.53. The number of fused-ring (bicyclic) bond motifs is 1. The Labute approximate surface area is 77.9 Å². The average Bonchev–Trinajstić information content (AvgIpc) is 2.41. The normalized spacial score (nSPS) is 22.1. The van der Waals surface area contributed by atoms with Crippen molar-refractivity contribution in [3.8, 4) is 0 Å². The van der Waals surface area contributed by atoms with Gasteiger partial charge in [0.1, 0.15) is 5.82 Å². The van der Waals surface area contributed by atoms with Crippen molar-refractivity contribution < 1.29 is 13.2 Å². The average molecular weight is 206 g/mol. The Balaban J connectivity index is 2.21. The standard InChI is InChI=1S/C7H9F3N4/c8-7(9,10)4-1-2-14-5(3-4)12-6(11)13-14/h4H,1-3H2,(H2,11,13). The highest BCUT2D eigenvalue weighted by molar-refractivity contribution is 5.15. The first-order valence-electron chi connectivity index (χ1n) is 4.23. The third-order valence-corrected chi connectivity index (χ3v) is 2.35. The first-order valence-corrected chi connectivity index (χ1v) is 4.23. The number of nitrogen functional groups attached to an aromatic ring is 1. The minimum Gasteiger partial charge on any atom is -0.366 e. The van der Waals surface area contributed by atoms with Crippen LogP contribution < -0.4 is 5.73 Å². The zero-order valence-corrected chi connectivity index (χ0v) is 7.25. The van der Waals surface area contributed by atoms with Crippen LogP contribution in [0.5, 0.6) is 0 Å². The minimum atomic E-state index is -4.15. The van der Waals surface area contributed by atoms with Crippen LogP contribution in [-0.4, -0.2) is 20.9 Å². The maximum Gasteiger partial charge on any atom is 0.392 e. The van der Waals surface area contributed by atoms with Gasteiger partial charge in [0.15, 0.2) is 0 Å². The van der Waals surface area contributed by atoms with Gasteiger partial charge in [0.25, 0.3) is 0 Å². The van der Waals surface area contributed by atoms with Gasteiger partial charge in [0, 0.05) is 13.0 Å². The van der Waals surface area contributed by atoms with Gasteiger partial charge in [0.2, 0.25) is 5.95 Å². The van der Waals surface area contributed by atoms with Gasteiger partial charge in [-0.05, 0) is 6.42 Å². The number of anilines is 1. The highest BCUT2D eigenvalue weighted by Gasteiger charge is 2.42. The minimum absolute atomic E-state index is 0.0443. The fourth-order valence-corrected chi connectivity index (χ4v) is 1.60. The highest BCUT2D eigenvalue weighted by atomic mass is 19.4. The molecule has 0 bridgehead atoms. The van der Waals surface area contributed by atoms with Gasteiger partial charge >= 0.3 is 6.18 Å². The summed E-state index contributed by atoms with van der Waals surface area (Å²) < 4.78 is 38.5. The van der Waals surface area contributed by atoms with Crippen LogP contribution in [0.15, 0.2) is 0 Å². The van der Waals surface area contributed by atoms with Crippen molar-refractivity contribution in [3.63, 3.8) is 0 Å². The summed E-state index contributed by atoms with van der Waals surface area (Å²) in [6.07, 6.45) is -4.21. The van der Waals surface area contributed by atoms with E-state index in [0.29, 0.717) is 5.82 Å². The lowest BCUT2D eigenvalue weighted by Gasteiger charge is -2.23. The van der Waals surface area contributed by atoms with E-state index in [4.69, 9.17) is 5.73 Å². The first-order chi connectivity index (χ1) is 6.47. The predicted octanol–water partition coefficient (Wildman–Crippen LogP) is 0.985. The molecule has 2 heterocycles. The van der Waals surface area contributed by atoms with Crippen LogP contribution in [0.4, 0.5) is 19.1 Å². The Hall–Kier alpha value is -1.27. The summed E-state index contributed by atoms with van der Waals surface area (Å²) in [6.45, 7) is 0.240. The van der Waals surface area contributed by atoms with Crippen molar-refractivity contribution in [1.29, 1.82) is 0 Å². The van der Waals surface area contributed by atoms with Crippen molar-refractivity contribution >= 4 is 5.95 Å². The second-order valence-electron chi connectivity index (χ2n) is 3.34. The smallest absolute Gasteiger partial charge is 0.366 e. The quantitative estimate of drug-likeness (QED) is 0.688. The van der Waals surface area contributed by atoms with Crippen LogP contribution in [0, 0.1) is 5.92 Å². The molecule has 1 unspecified atom stereocenters. The lowest BCUT2D eigenvalue weighted by atomic mass is 9.98. The molecule has 0 radical (unpaired) electrons. The molecule has 1 aliphatic heterocycles. The molecular formula is C7H9F3N4. The van der Waals surface area contributed by atoms with Gasteiger partial charge in [-0.15, -0.1) is 5.10 Å². The molecule has 4 nitrogen and oxygen atoms in total. The molecule has 0 spiro atoms. The molecule has 0 aliphatic carbocycles. The molecule has 1 aromatic heterocycles. The van der Waals surface area contributed by atoms with Gasteiger partial charge < -0.3 is 5.73 Å². The van der Waals surface area contributed by atoms with Crippen molar-refractivity contribution in [1.82, 2.24) is 14.8 Å². The Bertz CT molecular complexity index is 343. The molecule has 1 atom stereocenters. The fourth-order valence-electron chi connectivity index (χ4n) is 1.60. The number of aryl methyl sites for hydroxylation is 1. The zero-order chi connectivity index (χ0) is 10.3. The maximum absolute atomic E-state index is 12.4. The van der Waals surface area contributed by atoms with Crippen LogP contribution in [0.2, 0.25) is 0 Å². The summed E-state index contributed by atoms with van der Waals surface area (Å²) in [5.41, 5.74) is 5.29. The van der Waals surface area contributed by atoms with Gasteiger partial charge in [-0.2, -0.15) is 18.2 Å². The Kier molecular flexibility index (Phi) is 1.90. The summed E-state index contributed by atoms with van der Waals surface area (Å²) in [7, 11) is 0.